The van der Waals surface area contributed by atoms with Gasteiger partial charge in [-0.05, 0) is 156 Å². The summed E-state index contributed by atoms with van der Waals surface area (Å²) in [5, 5.41) is 0. The first kappa shape index (κ1) is 43.8. The van der Waals surface area contributed by atoms with Gasteiger partial charge in [-0.2, -0.15) is 0 Å². The Balaban J connectivity index is 0.000000460. The van der Waals surface area contributed by atoms with Crippen LogP contribution in [0.1, 0.15) is 146 Å². The van der Waals surface area contributed by atoms with Gasteiger partial charge in [0.25, 0.3) is 0 Å². The highest BCUT2D eigenvalue weighted by Crippen LogP contribution is 2.61. The van der Waals surface area contributed by atoms with Crippen LogP contribution < -0.4 is 0 Å². The standard InChI is InChI=1S/C20H36OP2.C20H34OP2/c1-15(11-14-21-23-22)7-9-17-16(2)8-10-18-19(3,4)12-6-13-20(17,18)5;1-17(2)9-6-10-18(3)11-7-12-19(4)13-8-14-20(5)15-16-22-23-21/h11,17-18,23H,2,6-10,12-14,22H2,1,3-5H3;9,11,13,15,22H,6-8,10,12,14,16H2,1-5H3/b15-11+;18-11-,19-13+,20-15-/t17-,18?,20+;/m1./s1. The van der Waals surface area contributed by atoms with Crippen molar-refractivity contribution >= 4 is 33.8 Å². The fraction of sp³-hybridized carbons (Fsp3) is 0.700. The molecule has 2 aliphatic carbocycles. The molecule has 0 aliphatic heterocycles. The van der Waals surface area contributed by atoms with E-state index < -0.39 is 0 Å². The van der Waals surface area contributed by atoms with Crippen molar-refractivity contribution in [2.45, 2.75) is 146 Å². The zero-order valence-corrected chi connectivity index (χ0v) is 35.2. The molecule has 0 amide bonds. The van der Waals surface area contributed by atoms with Crippen molar-refractivity contribution < 1.29 is 9.09 Å². The Kier molecular flexibility index (Phi) is 22.9. The van der Waals surface area contributed by atoms with Gasteiger partial charge in [0.05, 0.1) is 6.61 Å². The Morgan fingerprint density at radius 3 is 2.00 bits per heavy atom. The molecule has 0 aromatic rings. The van der Waals surface area contributed by atoms with E-state index in [9.17, 15) is 4.57 Å². The smallest absolute Gasteiger partial charge is 0.178 e. The van der Waals surface area contributed by atoms with E-state index in [2.05, 4.69) is 108 Å². The van der Waals surface area contributed by atoms with Gasteiger partial charge in [-0.15, -0.1) is 0 Å². The van der Waals surface area contributed by atoms with Crippen LogP contribution in [0.4, 0.5) is 0 Å². The second-order valence-corrected chi connectivity index (χ2v) is 18.8. The lowest BCUT2D eigenvalue weighted by Crippen LogP contribution is -2.49. The average molecular weight is 707 g/mol. The van der Waals surface area contributed by atoms with Gasteiger partial charge < -0.3 is 4.52 Å². The molecule has 6 atom stereocenters. The number of hydrogen-bond donors (Lipinski definition) is 0. The van der Waals surface area contributed by atoms with Crippen LogP contribution in [0.2, 0.25) is 0 Å². The van der Waals surface area contributed by atoms with E-state index in [1.807, 2.05) is 0 Å². The summed E-state index contributed by atoms with van der Waals surface area (Å²) >= 11 is 0. The van der Waals surface area contributed by atoms with Crippen molar-refractivity contribution in [2.75, 3.05) is 12.8 Å². The number of hydrogen-bond acceptors (Lipinski definition) is 2. The lowest BCUT2D eigenvalue weighted by molar-refractivity contribution is -0.0539. The summed E-state index contributed by atoms with van der Waals surface area (Å²) in [5.74, 6) is 1.57. The highest BCUT2D eigenvalue weighted by Gasteiger charge is 2.52. The third-order valence-electron chi connectivity index (χ3n) is 10.5. The molecule has 4 unspecified atom stereocenters. The number of allylic oxidation sites excluding steroid dienone is 10. The third kappa shape index (κ3) is 17.4. The zero-order valence-electron chi connectivity index (χ0n) is 31.2. The minimum Gasteiger partial charge on any atom is -0.354 e. The summed E-state index contributed by atoms with van der Waals surface area (Å²) in [6.45, 7) is 26.1. The topological polar surface area (TPSA) is 26.3 Å². The second kappa shape index (κ2) is 24.0. The molecule has 6 heteroatoms. The highest BCUT2D eigenvalue weighted by molar-refractivity contribution is 8.06. The highest BCUT2D eigenvalue weighted by atomic mass is 32.0. The molecule has 0 heterocycles. The number of rotatable bonds is 18. The van der Waals surface area contributed by atoms with Crippen molar-refractivity contribution in [3.05, 3.63) is 70.4 Å². The fourth-order valence-electron chi connectivity index (χ4n) is 7.76. The summed E-state index contributed by atoms with van der Waals surface area (Å²) in [6, 6.07) is 0. The maximum atomic E-state index is 10.4. The zero-order chi connectivity index (χ0) is 34.6. The van der Waals surface area contributed by atoms with Gasteiger partial charge in [-0.25, -0.2) is 0 Å². The summed E-state index contributed by atoms with van der Waals surface area (Å²) in [4.78, 5) is 0. The third-order valence-corrected chi connectivity index (χ3v) is 12.8. The Hall–Kier alpha value is -0.210. The van der Waals surface area contributed by atoms with Gasteiger partial charge in [0, 0.05) is 8.50 Å². The molecule has 2 saturated carbocycles. The summed E-state index contributed by atoms with van der Waals surface area (Å²) < 4.78 is 15.8. The van der Waals surface area contributed by atoms with Crippen molar-refractivity contribution in [1.29, 1.82) is 0 Å². The van der Waals surface area contributed by atoms with E-state index >= 15 is 0 Å². The van der Waals surface area contributed by atoms with Gasteiger partial charge in [0.1, 0.15) is 0 Å². The van der Waals surface area contributed by atoms with E-state index in [4.69, 9.17) is 4.52 Å². The summed E-state index contributed by atoms with van der Waals surface area (Å²) in [5.41, 5.74) is 9.80. The first-order valence-corrected chi connectivity index (χ1v) is 23.4. The fourth-order valence-corrected chi connectivity index (χ4v) is 9.24. The largest absolute Gasteiger partial charge is 0.354 e. The molecule has 2 fully saturated rings. The quantitative estimate of drug-likeness (QED) is 0.0806. The minimum absolute atomic E-state index is 0.283. The Bertz CT molecular complexity index is 1080. The van der Waals surface area contributed by atoms with Crippen molar-refractivity contribution in [2.24, 2.45) is 22.7 Å². The van der Waals surface area contributed by atoms with Crippen molar-refractivity contribution in [1.82, 2.24) is 0 Å². The lowest BCUT2D eigenvalue weighted by atomic mass is 9.47. The Morgan fingerprint density at radius 1 is 0.870 bits per heavy atom. The van der Waals surface area contributed by atoms with Gasteiger partial charge in [-0.1, -0.05) is 107 Å². The van der Waals surface area contributed by atoms with E-state index in [1.165, 1.54) is 91.2 Å². The first-order chi connectivity index (χ1) is 21.8. The summed E-state index contributed by atoms with van der Waals surface area (Å²) in [7, 11) is 3.95. The minimum atomic E-state index is 0.283. The Morgan fingerprint density at radius 2 is 1.43 bits per heavy atom. The molecular formula is C40H70O2P4. The van der Waals surface area contributed by atoms with Crippen LogP contribution >= 0.6 is 33.8 Å². The normalized spacial score (nSPS) is 24.4. The summed E-state index contributed by atoms with van der Waals surface area (Å²) in [6.07, 6.45) is 28.7. The molecule has 0 aromatic heterocycles. The van der Waals surface area contributed by atoms with E-state index in [0.29, 0.717) is 33.5 Å². The van der Waals surface area contributed by atoms with E-state index in [1.54, 1.807) is 0 Å². The van der Waals surface area contributed by atoms with Crippen LogP contribution in [-0.4, -0.2) is 12.8 Å². The molecule has 2 nitrogen and oxygen atoms in total. The molecule has 262 valence electrons. The molecule has 46 heavy (non-hydrogen) atoms. The van der Waals surface area contributed by atoms with E-state index in [0.717, 1.165) is 44.4 Å². The first-order valence-electron chi connectivity index (χ1n) is 17.8. The maximum Gasteiger partial charge on any atom is 0.178 e. The molecule has 0 spiro atoms. The average Bonchev–Trinajstić information content (AvgIpc) is 2.97. The molecule has 0 aromatic carbocycles. The molecule has 0 bridgehead atoms. The second-order valence-electron chi connectivity index (χ2n) is 15.2. The molecule has 2 rings (SSSR count). The van der Waals surface area contributed by atoms with Crippen molar-refractivity contribution in [3.63, 3.8) is 0 Å². The van der Waals surface area contributed by atoms with Gasteiger partial charge in [0.15, 0.2) is 8.15 Å². The molecule has 0 N–H and O–H groups in total. The molecule has 0 radical (unpaired) electrons. The van der Waals surface area contributed by atoms with Crippen LogP contribution in [0.3, 0.4) is 0 Å². The van der Waals surface area contributed by atoms with Crippen LogP contribution in [0, 0.1) is 22.7 Å². The predicted octanol–water partition coefficient (Wildman–Crippen LogP) is 14.9. The number of fused-ring (bicyclic) bond motifs is 1. The van der Waals surface area contributed by atoms with Crippen molar-refractivity contribution in [3.8, 4) is 0 Å². The van der Waals surface area contributed by atoms with Crippen LogP contribution in [-0.2, 0) is 9.09 Å². The Labute approximate surface area is 293 Å². The lowest BCUT2D eigenvalue weighted by Gasteiger charge is -2.58. The van der Waals surface area contributed by atoms with Gasteiger partial charge in [-0.3, -0.25) is 4.57 Å². The monoisotopic (exact) mass is 706 g/mol. The van der Waals surface area contributed by atoms with Gasteiger partial charge in [0.2, 0.25) is 0 Å². The van der Waals surface area contributed by atoms with Crippen LogP contribution in [0.15, 0.2) is 70.4 Å². The maximum absolute atomic E-state index is 10.4. The van der Waals surface area contributed by atoms with Crippen LogP contribution in [0.25, 0.3) is 0 Å². The van der Waals surface area contributed by atoms with Crippen LogP contribution in [0.5, 0.6) is 0 Å². The molecule has 2 aliphatic rings. The predicted molar refractivity (Wildman–Crippen MR) is 217 cm³/mol. The molecule has 0 saturated heterocycles. The van der Waals surface area contributed by atoms with E-state index in [-0.39, 0.29) is 8.15 Å². The molecular weight excluding hydrogens is 636 g/mol. The SMILES string of the molecule is C=C1CCC2C(C)(C)CCC[C@@]2(C)[C@@H]1CC/C(C)=C/COPP.CC(C)=CCC/C(C)=C\CC/C(C)=C/CC/C(C)=C\CPP=O. The van der Waals surface area contributed by atoms with Gasteiger partial charge >= 0.3 is 0 Å².